The fourth-order valence-corrected chi connectivity index (χ4v) is 4.63. The van der Waals surface area contributed by atoms with Gasteiger partial charge in [-0.15, -0.1) is 0 Å². The van der Waals surface area contributed by atoms with Gasteiger partial charge < -0.3 is 14.9 Å². The standard InChI is InChI=1S/C21H20N2O10S/c24-18(25)12-17(19(26)27)22-34(31,32)16-8-6-15(7-9-16)33-20(28)21(10-1-11-21)13-2-4-14(5-3-13)23(29)30/h2-9,17,22H,1,10-12H2,(H,24,25)(H,26,27)/t17-/m0/s1/i8D. The molecular formula is C21H20N2O10S. The van der Waals surface area contributed by atoms with Gasteiger partial charge in [-0.2, -0.15) is 4.72 Å². The summed E-state index contributed by atoms with van der Waals surface area (Å²) in [4.78, 5) is 44.6. The van der Waals surface area contributed by atoms with Gasteiger partial charge in [0.2, 0.25) is 10.0 Å². The number of hydrogen-bond acceptors (Lipinski definition) is 8. The molecule has 12 nitrogen and oxygen atoms in total. The molecular weight excluding hydrogens is 472 g/mol. The Labute approximate surface area is 194 Å². The Kier molecular flexibility index (Phi) is 6.56. The van der Waals surface area contributed by atoms with E-state index in [1.54, 1.807) is 4.72 Å². The highest BCUT2D eigenvalue weighted by Crippen LogP contribution is 2.45. The minimum atomic E-state index is -4.58. The molecule has 1 aliphatic carbocycles. The van der Waals surface area contributed by atoms with Crippen molar-refractivity contribution in [3.05, 3.63) is 64.2 Å². The van der Waals surface area contributed by atoms with Gasteiger partial charge in [0.05, 0.1) is 23.0 Å². The van der Waals surface area contributed by atoms with E-state index >= 15 is 0 Å². The largest absolute Gasteiger partial charge is 0.481 e. The zero-order valence-corrected chi connectivity index (χ0v) is 18.3. The van der Waals surface area contributed by atoms with E-state index in [9.17, 15) is 32.9 Å². The molecule has 3 rings (SSSR count). The summed E-state index contributed by atoms with van der Waals surface area (Å²) < 4.78 is 40.2. The molecule has 2 aromatic carbocycles. The first-order valence-electron chi connectivity index (χ1n) is 10.4. The summed E-state index contributed by atoms with van der Waals surface area (Å²) in [6, 6.07) is 5.97. The van der Waals surface area contributed by atoms with Crippen molar-refractivity contribution in [1.82, 2.24) is 4.72 Å². The van der Waals surface area contributed by atoms with Crippen molar-refractivity contribution in [3.63, 3.8) is 0 Å². The van der Waals surface area contributed by atoms with E-state index in [2.05, 4.69) is 0 Å². The van der Waals surface area contributed by atoms with Crippen LogP contribution in [0, 0.1) is 10.1 Å². The van der Waals surface area contributed by atoms with Gasteiger partial charge in [-0.3, -0.25) is 24.5 Å². The predicted octanol–water partition coefficient (Wildman–Crippen LogP) is 1.83. The van der Waals surface area contributed by atoms with E-state index in [0.717, 1.165) is 24.6 Å². The number of nitrogens with one attached hydrogen (secondary N) is 1. The number of carboxylic acid groups (broad SMARTS) is 2. The molecule has 13 heteroatoms. The Balaban J connectivity index is 1.80. The Morgan fingerprint density at radius 3 is 2.26 bits per heavy atom. The first-order chi connectivity index (χ1) is 16.4. The number of rotatable bonds is 10. The quantitative estimate of drug-likeness (QED) is 0.190. The van der Waals surface area contributed by atoms with Gasteiger partial charge in [0.25, 0.3) is 5.69 Å². The normalized spacial score (nSPS) is 15.9. The zero-order valence-electron chi connectivity index (χ0n) is 18.5. The van der Waals surface area contributed by atoms with Crippen LogP contribution in [0.3, 0.4) is 0 Å². The molecule has 0 unspecified atom stereocenters. The number of hydrogen-bond donors (Lipinski definition) is 3. The first kappa shape index (κ1) is 23.3. The van der Waals surface area contributed by atoms with Crippen LogP contribution in [0.1, 0.15) is 32.6 Å². The first-order valence-corrected chi connectivity index (χ1v) is 11.4. The molecule has 0 radical (unpaired) electrons. The third-order valence-corrected chi connectivity index (χ3v) is 6.89. The number of esters is 1. The van der Waals surface area contributed by atoms with E-state index < -0.39 is 61.7 Å². The summed E-state index contributed by atoms with van der Waals surface area (Å²) >= 11 is 0. The predicted molar refractivity (Wildman–Crippen MR) is 115 cm³/mol. The van der Waals surface area contributed by atoms with Crippen molar-refractivity contribution in [2.24, 2.45) is 0 Å². The molecule has 0 heterocycles. The fraction of sp³-hybridized carbons (Fsp3) is 0.286. The average Bonchev–Trinajstić information content (AvgIpc) is 2.72. The van der Waals surface area contributed by atoms with Gasteiger partial charge in [-0.1, -0.05) is 18.6 Å². The third-order valence-electron chi connectivity index (χ3n) is 5.46. The summed E-state index contributed by atoms with van der Waals surface area (Å²) in [5.41, 5.74) is -0.629. The Bertz CT molecular complexity index is 1290. The SMILES string of the molecule is [2H]c1cc(OC(=O)C2(c3ccc([N+](=O)[O-])cc3)CCC2)ccc1S(=O)(=O)N[C@@H](CC(=O)O)C(=O)O. The molecule has 0 aromatic heterocycles. The van der Waals surface area contributed by atoms with Crippen LogP contribution in [-0.4, -0.2) is 47.5 Å². The summed E-state index contributed by atoms with van der Waals surface area (Å²) in [7, 11) is -4.58. The van der Waals surface area contributed by atoms with Crippen molar-refractivity contribution in [2.45, 2.75) is 42.0 Å². The van der Waals surface area contributed by atoms with Crippen molar-refractivity contribution in [3.8, 4) is 5.75 Å². The number of non-ortho nitro benzene ring substituents is 1. The molecule has 3 N–H and O–H groups in total. The van der Waals surface area contributed by atoms with Gasteiger partial charge in [0.1, 0.15) is 11.8 Å². The lowest BCUT2D eigenvalue weighted by Gasteiger charge is -2.39. The molecule has 0 amide bonds. The van der Waals surface area contributed by atoms with E-state index in [0.29, 0.717) is 18.4 Å². The molecule has 0 aliphatic heterocycles. The minimum Gasteiger partial charge on any atom is -0.481 e. The van der Waals surface area contributed by atoms with Crippen molar-refractivity contribution < 1.29 is 44.0 Å². The number of ether oxygens (including phenoxy) is 1. The number of nitro benzene ring substituents is 1. The van der Waals surface area contributed by atoms with Crippen LogP contribution < -0.4 is 9.46 Å². The van der Waals surface area contributed by atoms with Crippen molar-refractivity contribution >= 4 is 33.6 Å². The van der Waals surface area contributed by atoms with E-state index in [1.165, 1.54) is 24.3 Å². The lowest BCUT2D eigenvalue weighted by atomic mass is 9.64. The molecule has 1 fully saturated rings. The van der Waals surface area contributed by atoms with Gasteiger partial charge in [-0.25, -0.2) is 8.42 Å². The Morgan fingerprint density at radius 1 is 1.15 bits per heavy atom. The van der Waals surface area contributed by atoms with Crippen LogP contribution in [0.4, 0.5) is 5.69 Å². The molecule has 0 spiro atoms. The van der Waals surface area contributed by atoms with Crippen LogP contribution in [0.2, 0.25) is 0 Å². The number of sulfonamides is 1. The van der Waals surface area contributed by atoms with Crippen molar-refractivity contribution in [2.75, 3.05) is 0 Å². The second-order valence-electron chi connectivity index (χ2n) is 7.63. The highest BCUT2D eigenvalue weighted by molar-refractivity contribution is 7.89. The number of carbonyl (C=O) groups is 3. The topological polar surface area (TPSA) is 190 Å². The molecule has 2 aromatic rings. The fourth-order valence-electron chi connectivity index (χ4n) is 3.48. The number of nitro groups is 1. The second-order valence-corrected chi connectivity index (χ2v) is 9.31. The number of aliphatic carboxylic acids is 2. The van der Waals surface area contributed by atoms with E-state index in [1.807, 2.05) is 0 Å². The third kappa shape index (κ3) is 5.21. The maximum absolute atomic E-state index is 13.0. The summed E-state index contributed by atoms with van der Waals surface area (Å²) in [5, 5.41) is 28.7. The number of nitrogens with zero attached hydrogens (tertiary/aromatic N) is 1. The Morgan fingerprint density at radius 2 is 1.79 bits per heavy atom. The van der Waals surface area contributed by atoms with Crippen LogP contribution in [0.25, 0.3) is 0 Å². The summed E-state index contributed by atoms with van der Waals surface area (Å²) in [6.07, 6.45) is 0.587. The lowest BCUT2D eigenvalue weighted by molar-refractivity contribution is -0.384. The molecule has 1 aliphatic rings. The summed E-state index contributed by atoms with van der Waals surface area (Å²) in [5.74, 6) is -4.04. The molecule has 180 valence electrons. The number of benzene rings is 2. The monoisotopic (exact) mass is 493 g/mol. The average molecular weight is 493 g/mol. The highest BCUT2D eigenvalue weighted by atomic mass is 32.2. The minimum absolute atomic E-state index is 0.130. The molecule has 0 bridgehead atoms. The highest BCUT2D eigenvalue weighted by Gasteiger charge is 2.47. The lowest BCUT2D eigenvalue weighted by Crippen LogP contribution is -2.45. The van der Waals surface area contributed by atoms with Crippen LogP contribution in [0.15, 0.2) is 53.4 Å². The second kappa shape index (κ2) is 9.57. The summed E-state index contributed by atoms with van der Waals surface area (Å²) in [6.45, 7) is 0. The molecule has 0 saturated heterocycles. The zero-order chi connectivity index (χ0) is 26.0. The van der Waals surface area contributed by atoms with E-state index in [-0.39, 0.29) is 11.4 Å². The Hall–Kier alpha value is -3.84. The van der Waals surface area contributed by atoms with Gasteiger partial charge in [-0.05, 0) is 42.6 Å². The molecule has 34 heavy (non-hydrogen) atoms. The van der Waals surface area contributed by atoms with Crippen LogP contribution >= 0.6 is 0 Å². The molecule has 1 atom stereocenters. The van der Waals surface area contributed by atoms with Gasteiger partial charge in [0.15, 0.2) is 0 Å². The van der Waals surface area contributed by atoms with Crippen molar-refractivity contribution in [1.29, 1.82) is 0 Å². The molecule has 1 saturated carbocycles. The number of carbonyl (C=O) groups excluding carboxylic acids is 1. The van der Waals surface area contributed by atoms with Gasteiger partial charge >= 0.3 is 17.9 Å². The number of carboxylic acids is 2. The van der Waals surface area contributed by atoms with E-state index in [4.69, 9.17) is 16.3 Å². The van der Waals surface area contributed by atoms with Crippen LogP contribution in [0.5, 0.6) is 5.75 Å². The smallest absolute Gasteiger partial charge is 0.322 e. The maximum atomic E-state index is 13.0. The van der Waals surface area contributed by atoms with Gasteiger partial charge in [0, 0.05) is 12.1 Å². The maximum Gasteiger partial charge on any atom is 0.322 e. The van der Waals surface area contributed by atoms with Crippen LogP contribution in [-0.2, 0) is 29.8 Å².